The van der Waals surface area contributed by atoms with E-state index in [0.717, 1.165) is 9.37 Å². The van der Waals surface area contributed by atoms with Gasteiger partial charge < -0.3 is 0 Å². The third kappa shape index (κ3) is 2.14. The van der Waals surface area contributed by atoms with Crippen LogP contribution >= 0.6 is 28.6 Å². The van der Waals surface area contributed by atoms with Crippen LogP contribution in [0.3, 0.4) is 0 Å². The average Bonchev–Trinajstić information content (AvgIpc) is 2.12. The van der Waals surface area contributed by atoms with Crippen LogP contribution in [0, 0.1) is 0 Å². The number of hydrogen-bond acceptors (Lipinski definition) is 1. The molecule has 2 aromatic rings. The van der Waals surface area contributed by atoms with E-state index in [2.05, 4.69) is 46.8 Å². The summed E-state index contributed by atoms with van der Waals surface area (Å²) >= 11 is 7.86. The van der Waals surface area contributed by atoms with Crippen LogP contribution in [0.1, 0.15) is 0 Å². The Hall–Kier alpha value is 0.127. The minimum absolute atomic E-state index is 0. The van der Waals surface area contributed by atoms with E-state index in [4.69, 9.17) is 0 Å². The normalized spacial score (nSPS) is 9.69. The molecule has 0 aliphatic carbocycles. The molecule has 0 fully saturated rings. The predicted octanol–water partition coefficient (Wildman–Crippen LogP) is 3.24. The fourth-order valence-electron chi connectivity index (χ4n) is 1.23. The van der Waals surface area contributed by atoms with Crippen LogP contribution in [-0.2, 0) is 0 Å². The molecule has 0 nitrogen and oxygen atoms in total. The van der Waals surface area contributed by atoms with Gasteiger partial charge in [-0.3, -0.25) is 0 Å². The van der Waals surface area contributed by atoms with Gasteiger partial charge in [-0.2, -0.15) is 0 Å². The van der Waals surface area contributed by atoms with Gasteiger partial charge in [0.2, 0.25) is 0 Å². The Labute approximate surface area is 103 Å². The Balaban J connectivity index is 0.000000845. The van der Waals surface area contributed by atoms with Crippen LogP contribution in [0.5, 0.6) is 0 Å². The molecule has 0 saturated carbocycles. The van der Waals surface area contributed by atoms with E-state index in [1.54, 1.807) is 0 Å². The van der Waals surface area contributed by atoms with Crippen LogP contribution in [0.25, 0.3) is 10.8 Å². The molecule has 0 bridgehead atoms. The molecule has 2 aromatic carbocycles. The molecule has 0 radical (unpaired) electrons. The number of hydrogen-bond donors (Lipinski definition) is 1. The molecule has 0 aromatic heterocycles. The molecule has 0 heterocycles. The first-order valence-corrected chi connectivity index (χ1v) is 4.89. The summed E-state index contributed by atoms with van der Waals surface area (Å²) in [7, 11) is 0. The van der Waals surface area contributed by atoms with Gasteiger partial charge in [-0.1, -0.05) is 30.3 Å². The van der Waals surface area contributed by atoms with Crippen molar-refractivity contribution in [2.45, 2.75) is 4.90 Å². The Morgan fingerprint density at radius 1 is 1.00 bits per heavy atom. The van der Waals surface area contributed by atoms with E-state index in [1.165, 1.54) is 10.8 Å². The summed E-state index contributed by atoms with van der Waals surface area (Å²) < 4.78 is 1.05. The van der Waals surface area contributed by atoms with Gasteiger partial charge in [-0.15, -0.1) is 12.6 Å². The maximum absolute atomic E-state index is 4.42. The third-order valence-electron chi connectivity index (χ3n) is 1.85. The van der Waals surface area contributed by atoms with E-state index in [9.17, 15) is 0 Å². The van der Waals surface area contributed by atoms with Gasteiger partial charge in [0, 0.05) is 9.37 Å². The van der Waals surface area contributed by atoms with Crippen molar-refractivity contribution in [2.75, 3.05) is 0 Å². The van der Waals surface area contributed by atoms with Gasteiger partial charge in [0.25, 0.3) is 0 Å². The van der Waals surface area contributed by atoms with Gasteiger partial charge in [0.1, 0.15) is 0 Å². The summed E-state index contributed by atoms with van der Waals surface area (Å²) in [6.07, 6.45) is 0. The summed E-state index contributed by atoms with van der Waals surface area (Å²) in [5.41, 5.74) is 0. The van der Waals surface area contributed by atoms with E-state index in [-0.39, 0.29) is 18.9 Å². The van der Waals surface area contributed by atoms with E-state index >= 15 is 0 Å². The van der Waals surface area contributed by atoms with Gasteiger partial charge in [-0.05, 0) is 32.8 Å². The molecule has 13 heavy (non-hydrogen) atoms. The van der Waals surface area contributed by atoms with Gasteiger partial charge in [0.15, 0.2) is 0 Å². The van der Waals surface area contributed by atoms with E-state index < -0.39 is 0 Å². The molecule has 3 heteroatoms. The Bertz CT molecular complexity index is 428. The predicted molar refractivity (Wildman–Crippen MR) is 66.0 cm³/mol. The molecule has 2 rings (SSSR count). The fourth-order valence-corrected chi connectivity index (χ4v) is 1.85. The number of rotatable bonds is 0. The second kappa shape index (κ2) is 4.57. The molecular weight excluding hydrogens is 239 g/mol. The number of thiol groups is 1. The number of halogens is 1. The molecule has 0 unspecified atom stereocenters. The van der Waals surface area contributed by atoms with Crippen LogP contribution in [0.4, 0.5) is 0 Å². The summed E-state index contributed by atoms with van der Waals surface area (Å²) in [5.74, 6) is 0. The van der Waals surface area contributed by atoms with Crippen molar-refractivity contribution >= 4 is 58.2 Å². The first-order valence-electron chi connectivity index (χ1n) is 3.65. The van der Waals surface area contributed by atoms with Crippen molar-refractivity contribution in [3.05, 3.63) is 40.9 Å². The fraction of sp³-hybridized carbons (Fsp3) is 0. The zero-order chi connectivity index (χ0) is 8.55. The van der Waals surface area contributed by atoms with Crippen molar-refractivity contribution in [3.8, 4) is 0 Å². The Morgan fingerprint density at radius 2 is 1.69 bits per heavy atom. The van der Waals surface area contributed by atoms with Crippen LogP contribution in [0.2, 0.25) is 0 Å². The standard InChI is InChI=1S/C10H7BrS.Li.H/c11-9-6-5-7-3-1-2-4-8(7)10(9)12;;/h1-6,12H;;. The van der Waals surface area contributed by atoms with Crippen molar-refractivity contribution in [1.29, 1.82) is 0 Å². The van der Waals surface area contributed by atoms with E-state index in [1.807, 2.05) is 18.2 Å². The summed E-state index contributed by atoms with van der Waals surface area (Å²) in [6, 6.07) is 12.3. The second-order valence-electron chi connectivity index (χ2n) is 2.62. The zero-order valence-electron chi connectivity index (χ0n) is 6.29. The number of fused-ring (bicyclic) bond motifs is 1. The first kappa shape index (κ1) is 11.2. The van der Waals surface area contributed by atoms with E-state index in [0.29, 0.717) is 0 Å². The molecule has 0 atom stereocenters. The third-order valence-corrected chi connectivity index (χ3v) is 3.30. The van der Waals surface area contributed by atoms with Crippen molar-refractivity contribution in [2.24, 2.45) is 0 Å². The van der Waals surface area contributed by atoms with Gasteiger partial charge in [0.05, 0.1) is 0 Å². The molecule has 0 aliphatic rings. The first-order chi connectivity index (χ1) is 5.79. The van der Waals surface area contributed by atoms with Gasteiger partial charge >= 0.3 is 18.9 Å². The van der Waals surface area contributed by atoms with Crippen LogP contribution in [-0.4, -0.2) is 18.9 Å². The molecule has 62 valence electrons. The molecule has 0 N–H and O–H groups in total. The second-order valence-corrected chi connectivity index (χ2v) is 3.92. The van der Waals surface area contributed by atoms with Crippen molar-refractivity contribution in [1.82, 2.24) is 0 Å². The topological polar surface area (TPSA) is 0 Å². The minimum atomic E-state index is 0. The maximum atomic E-state index is 4.42. The number of benzene rings is 2. The molecule has 0 aliphatic heterocycles. The molecule has 0 amide bonds. The molecule has 0 saturated heterocycles. The quantitative estimate of drug-likeness (QED) is 0.536. The zero-order valence-corrected chi connectivity index (χ0v) is 8.77. The van der Waals surface area contributed by atoms with Crippen molar-refractivity contribution in [3.63, 3.8) is 0 Å². The monoisotopic (exact) mass is 246 g/mol. The summed E-state index contributed by atoms with van der Waals surface area (Å²) in [5, 5.41) is 2.42. The SMILES string of the molecule is Sc1c(Br)ccc2ccccc12.[LiH]. The Morgan fingerprint density at radius 3 is 2.46 bits per heavy atom. The summed E-state index contributed by atoms with van der Waals surface area (Å²) in [6.45, 7) is 0. The van der Waals surface area contributed by atoms with Crippen LogP contribution < -0.4 is 0 Å². The Kier molecular flexibility index (Phi) is 3.94. The average molecular weight is 247 g/mol. The van der Waals surface area contributed by atoms with Crippen LogP contribution in [0.15, 0.2) is 45.8 Å². The molecular formula is C10H8BrLiS. The molecule has 0 spiro atoms. The van der Waals surface area contributed by atoms with Gasteiger partial charge in [-0.25, -0.2) is 0 Å². The van der Waals surface area contributed by atoms with Crippen molar-refractivity contribution < 1.29 is 0 Å². The summed E-state index contributed by atoms with van der Waals surface area (Å²) in [4.78, 5) is 1.01.